The van der Waals surface area contributed by atoms with E-state index in [1.165, 1.54) is 64.3 Å². The van der Waals surface area contributed by atoms with Crippen LogP contribution in [0.25, 0.3) is 0 Å². The van der Waals surface area contributed by atoms with Gasteiger partial charge in [0, 0.05) is 6.04 Å². The summed E-state index contributed by atoms with van der Waals surface area (Å²) >= 11 is 0. The zero-order valence-corrected chi connectivity index (χ0v) is 11.5. The first-order valence-electron chi connectivity index (χ1n) is 8.06. The topological polar surface area (TPSA) is 12.0 Å². The van der Waals surface area contributed by atoms with Crippen LogP contribution in [-0.4, -0.2) is 12.6 Å². The lowest BCUT2D eigenvalue weighted by molar-refractivity contribution is 0.268. The Labute approximate surface area is 107 Å². The summed E-state index contributed by atoms with van der Waals surface area (Å²) in [5.74, 6) is 4.17. The maximum absolute atomic E-state index is 3.90. The molecular weight excluding hydrogens is 206 g/mol. The van der Waals surface area contributed by atoms with Crippen LogP contribution < -0.4 is 5.32 Å². The standard InChI is InChI=1S/C16H29N/c1-12-2-4-13(5-3-12)10-11-17-16(14-6-7-14)15-8-9-15/h12-17H,2-11H2,1H3. The Morgan fingerprint density at radius 2 is 1.47 bits per heavy atom. The molecule has 98 valence electrons. The second kappa shape index (κ2) is 5.30. The van der Waals surface area contributed by atoms with Crippen LogP contribution in [0.5, 0.6) is 0 Å². The molecule has 3 aliphatic carbocycles. The predicted molar refractivity (Wildman–Crippen MR) is 73.0 cm³/mol. The van der Waals surface area contributed by atoms with Crippen molar-refractivity contribution in [3.8, 4) is 0 Å². The lowest BCUT2D eigenvalue weighted by atomic mass is 9.81. The van der Waals surface area contributed by atoms with Gasteiger partial charge in [-0.1, -0.05) is 32.6 Å². The monoisotopic (exact) mass is 235 g/mol. The maximum atomic E-state index is 3.90. The summed E-state index contributed by atoms with van der Waals surface area (Å²) in [5, 5.41) is 3.90. The van der Waals surface area contributed by atoms with E-state index in [-0.39, 0.29) is 0 Å². The molecule has 0 aromatic rings. The van der Waals surface area contributed by atoms with Gasteiger partial charge in [0.1, 0.15) is 0 Å². The Hall–Kier alpha value is -0.0400. The highest BCUT2D eigenvalue weighted by molar-refractivity contribution is 4.96. The third-order valence-electron chi connectivity index (χ3n) is 5.33. The molecule has 0 amide bonds. The molecule has 0 aromatic heterocycles. The van der Waals surface area contributed by atoms with Crippen molar-refractivity contribution in [1.29, 1.82) is 0 Å². The summed E-state index contributed by atoms with van der Waals surface area (Å²) in [6.45, 7) is 3.72. The van der Waals surface area contributed by atoms with E-state index < -0.39 is 0 Å². The Bertz CT molecular complexity index is 222. The summed E-state index contributed by atoms with van der Waals surface area (Å²) in [5.41, 5.74) is 0. The zero-order chi connectivity index (χ0) is 11.7. The first kappa shape index (κ1) is 12.0. The Kier molecular flexibility index (Phi) is 3.75. The van der Waals surface area contributed by atoms with E-state index in [9.17, 15) is 0 Å². The van der Waals surface area contributed by atoms with Gasteiger partial charge in [-0.15, -0.1) is 0 Å². The molecular formula is C16H29N. The van der Waals surface area contributed by atoms with E-state index in [0.717, 1.165) is 29.7 Å². The van der Waals surface area contributed by atoms with Gasteiger partial charge in [-0.3, -0.25) is 0 Å². The van der Waals surface area contributed by atoms with Gasteiger partial charge in [0.15, 0.2) is 0 Å². The van der Waals surface area contributed by atoms with Crippen molar-refractivity contribution in [2.75, 3.05) is 6.54 Å². The molecule has 0 atom stereocenters. The molecule has 1 heteroatoms. The van der Waals surface area contributed by atoms with E-state index in [1.54, 1.807) is 0 Å². The average molecular weight is 235 g/mol. The lowest BCUT2D eigenvalue weighted by Gasteiger charge is -2.27. The fourth-order valence-corrected chi connectivity index (χ4v) is 3.70. The largest absolute Gasteiger partial charge is 0.313 e. The normalized spacial score (nSPS) is 34.2. The minimum Gasteiger partial charge on any atom is -0.313 e. The van der Waals surface area contributed by atoms with Crippen molar-refractivity contribution in [2.24, 2.45) is 23.7 Å². The summed E-state index contributed by atoms with van der Waals surface area (Å²) in [4.78, 5) is 0. The molecule has 0 aromatic carbocycles. The number of hydrogen-bond acceptors (Lipinski definition) is 1. The average Bonchev–Trinajstić information content (AvgIpc) is 3.19. The highest BCUT2D eigenvalue weighted by Crippen LogP contribution is 2.44. The van der Waals surface area contributed by atoms with Crippen LogP contribution in [0, 0.1) is 23.7 Å². The predicted octanol–water partition coefficient (Wildman–Crippen LogP) is 3.98. The summed E-state index contributed by atoms with van der Waals surface area (Å²) in [7, 11) is 0. The smallest absolute Gasteiger partial charge is 0.0124 e. The summed E-state index contributed by atoms with van der Waals surface area (Å²) < 4.78 is 0. The molecule has 3 rings (SSSR count). The molecule has 0 unspecified atom stereocenters. The molecule has 17 heavy (non-hydrogen) atoms. The molecule has 1 N–H and O–H groups in total. The van der Waals surface area contributed by atoms with E-state index in [4.69, 9.17) is 0 Å². The highest BCUT2D eigenvalue weighted by Gasteiger charge is 2.40. The molecule has 3 aliphatic rings. The number of nitrogens with one attached hydrogen (secondary N) is 1. The van der Waals surface area contributed by atoms with Gasteiger partial charge in [-0.05, 0) is 62.3 Å². The molecule has 0 saturated heterocycles. The van der Waals surface area contributed by atoms with E-state index in [1.807, 2.05) is 0 Å². The molecule has 0 bridgehead atoms. The summed E-state index contributed by atoms with van der Waals surface area (Å²) in [6.07, 6.45) is 13.5. The second-order valence-corrected chi connectivity index (χ2v) is 7.07. The van der Waals surface area contributed by atoms with Crippen molar-refractivity contribution < 1.29 is 0 Å². The van der Waals surface area contributed by atoms with Crippen molar-refractivity contribution in [3.63, 3.8) is 0 Å². The van der Waals surface area contributed by atoms with Crippen molar-refractivity contribution in [2.45, 2.75) is 70.8 Å². The SMILES string of the molecule is CC1CCC(CCNC(C2CC2)C2CC2)CC1. The van der Waals surface area contributed by atoms with Gasteiger partial charge in [0.05, 0.1) is 0 Å². The van der Waals surface area contributed by atoms with Gasteiger partial charge >= 0.3 is 0 Å². The fraction of sp³-hybridized carbons (Fsp3) is 1.00. The van der Waals surface area contributed by atoms with Crippen LogP contribution >= 0.6 is 0 Å². The van der Waals surface area contributed by atoms with Crippen molar-refractivity contribution >= 4 is 0 Å². The van der Waals surface area contributed by atoms with E-state index in [0.29, 0.717) is 0 Å². The van der Waals surface area contributed by atoms with Crippen LogP contribution in [0.15, 0.2) is 0 Å². The van der Waals surface area contributed by atoms with E-state index in [2.05, 4.69) is 12.2 Å². The number of hydrogen-bond donors (Lipinski definition) is 1. The molecule has 1 nitrogen and oxygen atoms in total. The van der Waals surface area contributed by atoms with Crippen LogP contribution in [-0.2, 0) is 0 Å². The Morgan fingerprint density at radius 3 is 2.00 bits per heavy atom. The highest BCUT2D eigenvalue weighted by atomic mass is 14.9. The molecule has 0 radical (unpaired) electrons. The zero-order valence-electron chi connectivity index (χ0n) is 11.5. The van der Waals surface area contributed by atoms with Gasteiger partial charge in [0.2, 0.25) is 0 Å². The van der Waals surface area contributed by atoms with Crippen LogP contribution in [0.1, 0.15) is 64.7 Å². The van der Waals surface area contributed by atoms with Crippen molar-refractivity contribution in [1.82, 2.24) is 5.32 Å². The quantitative estimate of drug-likeness (QED) is 0.734. The van der Waals surface area contributed by atoms with Gasteiger partial charge in [0.25, 0.3) is 0 Å². The van der Waals surface area contributed by atoms with Crippen LogP contribution in [0.4, 0.5) is 0 Å². The molecule has 0 aliphatic heterocycles. The Balaban J connectivity index is 1.33. The third-order valence-corrected chi connectivity index (χ3v) is 5.33. The Morgan fingerprint density at radius 1 is 0.882 bits per heavy atom. The minimum atomic E-state index is 0.914. The lowest BCUT2D eigenvalue weighted by Crippen LogP contribution is -2.34. The molecule has 0 spiro atoms. The van der Waals surface area contributed by atoms with Gasteiger partial charge in [-0.2, -0.15) is 0 Å². The second-order valence-electron chi connectivity index (χ2n) is 7.07. The third kappa shape index (κ3) is 3.47. The van der Waals surface area contributed by atoms with Gasteiger partial charge < -0.3 is 5.32 Å². The first-order chi connectivity index (χ1) is 8.33. The molecule has 3 saturated carbocycles. The molecule has 0 heterocycles. The fourth-order valence-electron chi connectivity index (χ4n) is 3.70. The minimum absolute atomic E-state index is 0.914. The van der Waals surface area contributed by atoms with Crippen molar-refractivity contribution in [3.05, 3.63) is 0 Å². The van der Waals surface area contributed by atoms with E-state index >= 15 is 0 Å². The first-order valence-corrected chi connectivity index (χ1v) is 8.06. The van der Waals surface area contributed by atoms with Gasteiger partial charge in [-0.25, -0.2) is 0 Å². The summed E-state index contributed by atoms with van der Waals surface area (Å²) in [6, 6.07) is 0.914. The molecule has 3 fully saturated rings. The number of rotatable bonds is 6. The van der Waals surface area contributed by atoms with Crippen LogP contribution in [0.3, 0.4) is 0 Å². The van der Waals surface area contributed by atoms with Crippen LogP contribution in [0.2, 0.25) is 0 Å². The maximum Gasteiger partial charge on any atom is 0.0124 e.